The summed E-state index contributed by atoms with van der Waals surface area (Å²) in [7, 11) is -5.17. The maximum absolute atomic E-state index is 8.52. The van der Waals surface area contributed by atoms with Crippen LogP contribution in [0, 0.1) is 0 Å². The smallest absolute Gasteiger partial charge is 2.00 e. The Morgan fingerprint density at radius 1 is 1.14 bits per heavy atom. The molecular weight excluding hydrogens is 276 g/mol. The molecule has 7 heteroatoms. The van der Waals surface area contributed by atoms with Crippen LogP contribution in [0.1, 0.15) is 0 Å². The molecular formula is H3InO4SZn. The monoisotopic (exact) mass is 278 g/mol. The molecule has 0 spiro atoms. The minimum atomic E-state index is -5.17. The Balaban J connectivity index is -0.0000000800. The first-order valence-electron chi connectivity index (χ1n) is 0.667. The van der Waals surface area contributed by atoms with E-state index in [-0.39, 0.29) is 45.3 Å². The molecule has 0 fully saturated rings. The Morgan fingerprint density at radius 2 is 1.14 bits per heavy atom. The van der Waals surface area contributed by atoms with E-state index in [0.29, 0.717) is 0 Å². The van der Waals surface area contributed by atoms with E-state index >= 15 is 0 Å². The van der Waals surface area contributed by atoms with Gasteiger partial charge in [0.2, 0.25) is 0 Å². The topological polar surface area (TPSA) is 80.3 Å². The normalized spacial score (nSPS) is 8.29. The second-order valence-corrected chi connectivity index (χ2v) is 1.22. The van der Waals surface area contributed by atoms with Crippen LogP contribution in [0.3, 0.4) is 0 Å². The van der Waals surface area contributed by atoms with Crippen molar-refractivity contribution in [2.45, 2.75) is 0 Å². The Bertz CT molecular complexity index is 94.9. The minimum absolute atomic E-state index is 0. The molecule has 0 aliphatic rings. The zero-order chi connectivity index (χ0) is 4.50. The van der Waals surface area contributed by atoms with Gasteiger partial charge in [-0.25, -0.2) is 0 Å². The number of rotatable bonds is 0. The Kier molecular flexibility index (Phi) is 12.4. The van der Waals surface area contributed by atoms with Crippen LogP contribution in [-0.4, -0.2) is 43.4 Å². The fraction of sp³-hybridized carbons (Fsp3) is 0. The molecule has 0 unspecified atom stereocenters. The maximum Gasteiger partial charge on any atom is 2.00 e. The first-order chi connectivity index (χ1) is 2.00. The summed E-state index contributed by atoms with van der Waals surface area (Å²) in [5, 5.41) is 0. The van der Waals surface area contributed by atoms with Gasteiger partial charge in [-0.05, 0) is 0 Å². The molecule has 0 aromatic carbocycles. The van der Waals surface area contributed by atoms with Crippen molar-refractivity contribution in [3.05, 3.63) is 0 Å². The van der Waals surface area contributed by atoms with Gasteiger partial charge in [0, 0.05) is 10.4 Å². The van der Waals surface area contributed by atoms with Gasteiger partial charge >= 0.3 is 45.3 Å². The summed E-state index contributed by atoms with van der Waals surface area (Å²) >= 11 is 0. The third kappa shape index (κ3) is 114. The van der Waals surface area contributed by atoms with Gasteiger partial charge in [0.05, 0.1) is 0 Å². The molecule has 0 rings (SSSR count). The molecule has 0 aromatic rings. The Morgan fingerprint density at radius 3 is 1.14 bits per heavy atom. The van der Waals surface area contributed by atoms with Gasteiger partial charge < -0.3 is 9.11 Å². The zero-order valence-electron chi connectivity index (χ0n) is 2.75. The molecule has 0 atom stereocenters. The van der Waals surface area contributed by atoms with Crippen molar-refractivity contribution in [3.63, 3.8) is 0 Å². The van der Waals surface area contributed by atoms with E-state index in [2.05, 4.69) is 0 Å². The van der Waals surface area contributed by atoms with Crippen molar-refractivity contribution in [2.24, 2.45) is 0 Å². The van der Waals surface area contributed by atoms with E-state index in [1.165, 1.54) is 0 Å². The molecule has 0 heterocycles. The van der Waals surface area contributed by atoms with Gasteiger partial charge in [-0.3, -0.25) is 8.42 Å². The Labute approximate surface area is 72.8 Å². The van der Waals surface area contributed by atoms with Gasteiger partial charge in [-0.2, -0.15) is 0 Å². The summed E-state index contributed by atoms with van der Waals surface area (Å²) in [5.74, 6) is 0. The maximum atomic E-state index is 8.52. The van der Waals surface area contributed by atoms with E-state index in [4.69, 9.17) is 17.5 Å². The third-order valence-corrected chi connectivity index (χ3v) is 0. The van der Waals surface area contributed by atoms with Crippen molar-refractivity contribution in [2.75, 3.05) is 0 Å². The van der Waals surface area contributed by atoms with Gasteiger partial charge in [0.1, 0.15) is 0 Å². The molecule has 0 aliphatic carbocycles. The van der Waals surface area contributed by atoms with Crippen LogP contribution in [0.25, 0.3) is 0 Å². The summed E-state index contributed by atoms with van der Waals surface area (Å²) in [6.07, 6.45) is 0. The molecule has 0 aliphatic heterocycles. The molecule has 0 amide bonds. The molecule has 0 radical (unpaired) electrons. The average Bonchev–Trinajstić information content (AvgIpc) is 0.722. The van der Waals surface area contributed by atoms with Crippen LogP contribution in [0.2, 0.25) is 0 Å². The first-order valence-corrected chi connectivity index (χ1v) is 2.00. The van der Waals surface area contributed by atoms with Crippen LogP contribution < -0.4 is 0 Å². The van der Waals surface area contributed by atoms with Crippen LogP contribution in [-0.2, 0) is 29.9 Å². The second-order valence-electron chi connectivity index (χ2n) is 0.408. The fourth-order valence-corrected chi connectivity index (χ4v) is 0. The quantitative estimate of drug-likeness (QED) is 0.278. The summed E-state index contributed by atoms with van der Waals surface area (Å²) in [5.41, 5.74) is 0. The predicted molar refractivity (Wildman–Crippen MR) is 20.4 cm³/mol. The summed E-state index contributed by atoms with van der Waals surface area (Å²) in [6, 6.07) is 0. The van der Waals surface area contributed by atoms with Crippen molar-refractivity contribution in [1.82, 2.24) is 0 Å². The number of hydrogen-bond donors (Lipinski definition) is 0. The first kappa shape index (κ1) is 15.8. The molecule has 0 N–H and O–H groups in total. The van der Waals surface area contributed by atoms with E-state index in [9.17, 15) is 0 Å². The molecule has 0 saturated carbocycles. The summed E-state index contributed by atoms with van der Waals surface area (Å²) in [4.78, 5) is 0. The van der Waals surface area contributed by atoms with E-state index in [1.807, 2.05) is 0 Å². The number of hydrogen-bond acceptors (Lipinski definition) is 4. The van der Waals surface area contributed by atoms with Crippen molar-refractivity contribution < 1.29 is 37.0 Å². The Hall–Kier alpha value is 1.36. The van der Waals surface area contributed by atoms with E-state index in [0.717, 1.165) is 0 Å². The SMILES string of the molecule is O=S(=O)([O-])[O-].[InH3].[Zn+2]. The fourth-order valence-electron chi connectivity index (χ4n) is 0. The molecule has 38 valence electrons. The molecule has 0 saturated heterocycles. The van der Waals surface area contributed by atoms with Crippen LogP contribution in [0.5, 0.6) is 0 Å². The molecule has 0 bridgehead atoms. The second kappa shape index (κ2) is 5.50. The summed E-state index contributed by atoms with van der Waals surface area (Å²) in [6.45, 7) is 0. The third-order valence-electron chi connectivity index (χ3n) is 0. The van der Waals surface area contributed by atoms with Gasteiger partial charge in [-0.15, -0.1) is 0 Å². The van der Waals surface area contributed by atoms with E-state index < -0.39 is 10.4 Å². The summed E-state index contributed by atoms with van der Waals surface area (Å²) < 4.78 is 34.1. The largest absolute Gasteiger partial charge is 2.00 e. The zero-order valence-corrected chi connectivity index (χ0v) is 6.53. The minimum Gasteiger partial charge on any atom is 2.00 e. The van der Waals surface area contributed by atoms with Crippen molar-refractivity contribution >= 4 is 36.2 Å². The molecule has 0 aromatic heterocycles. The van der Waals surface area contributed by atoms with Crippen molar-refractivity contribution in [1.29, 1.82) is 0 Å². The van der Waals surface area contributed by atoms with Gasteiger partial charge in [0.15, 0.2) is 0 Å². The molecule has 7 heavy (non-hydrogen) atoms. The van der Waals surface area contributed by atoms with Gasteiger partial charge in [0.25, 0.3) is 0 Å². The van der Waals surface area contributed by atoms with Crippen LogP contribution in [0.15, 0.2) is 0 Å². The average molecular weight is 279 g/mol. The van der Waals surface area contributed by atoms with Crippen LogP contribution in [0.4, 0.5) is 0 Å². The molecule has 4 nitrogen and oxygen atoms in total. The van der Waals surface area contributed by atoms with Crippen LogP contribution >= 0.6 is 0 Å². The van der Waals surface area contributed by atoms with Gasteiger partial charge in [-0.1, -0.05) is 0 Å². The van der Waals surface area contributed by atoms with Crippen molar-refractivity contribution in [3.8, 4) is 0 Å². The standard InChI is InChI=1S/In.H2O4S.Zn.3H/c;1-5(2,3)4;;;;/h;(H2,1,2,3,4);;;;/q;;+2;;;/p-2. The predicted octanol–water partition coefficient (Wildman–Crippen LogP) is -2.52. The van der Waals surface area contributed by atoms with E-state index in [1.54, 1.807) is 0 Å².